The predicted molar refractivity (Wildman–Crippen MR) is 79.6 cm³/mol. The van der Waals surface area contributed by atoms with E-state index >= 15 is 0 Å². The van der Waals surface area contributed by atoms with Crippen LogP contribution in [0.25, 0.3) is 0 Å². The maximum Gasteiger partial charge on any atom is 0.0485 e. The number of anilines is 1. The molecular weight excluding hydrogens is 276 g/mol. The second-order valence-corrected chi connectivity index (χ2v) is 5.39. The van der Waals surface area contributed by atoms with Gasteiger partial charge in [-0.15, -0.1) is 0 Å². The van der Waals surface area contributed by atoms with E-state index in [4.69, 9.17) is 0 Å². The Bertz CT molecular complexity index is 326. The Morgan fingerprint density at radius 1 is 1.24 bits per heavy atom. The Morgan fingerprint density at radius 3 is 2.53 bits per heavy atom. The van der Waals surface area contributed by atoms with Gasteiger partial charge < -0.3 is 5.32 Å². The van der Waals surface area contributed by atoms with Crippen molar-refractivity contribution in [2.24, 2.45) is 0 Å². The maximum atomic E-state index is 3.55. The number of nitrogens with one attached hydrogen (secondary N) is 1. The van der Waals surface area contributed by atoms with Gasteiger partial charge in [0, 0.05) is 29.3 Å². The summed E-state index contributed by atoms with van der Waals surface area (Å²) >= 11 is 3.55. The van der Waals surface area contributed by atoms with Crippen LogP contribution in [0.15, 0.2) is 28.7 Å². The zero-order chi connectivity index (χ0) is 12.7. The van der Waals surface area contributed by atoms with Crippen LogP contribution in [0.5, 0.6) is 0 Å². The van der Waals surface area contributed by atoms with Gasteiger partial charge in [0.05, 0.1) is 0 Å². The SMILES string of the molecule is CCCN(CCNc1ccccc1Br)C(C)C. The molecule has 1 aromatic rings. The van der Waals surface area contributed by atoms with Crippen LogP contribution in [-0.2, 0) is 0 Å². The minimum atomic E-state index is 0.621. The average molecular weight is 299 g/mol. The van der Waals surface area contributed by atoms with Gasteiger partial charge in [-0.1, -0.05) is 19.1 Å². The molecule has 1 aromatic carbocycles. The smallest absolute Gasteiger partial charge is 0.0485 e. The number of hydrogen-bond acceptors (Lipinski definition) is 2. The van der Waals surface area contributed by atoms with Crippen molar-refractivity contribution in [3.05, 3.63) is 28.7 Å². The predicted octanol–water partition coefficient (Wildman–Crippen LogP) is 3.98. The van der Waals surface area contributed by atoms with Gasteiger partial charge in [-0.25, -0.2) is 0 Å². The lowest BCUT2D eigenvalue weighted by molar-refractivity contribution is 0.231. The highest BCUT2D eigenvalue weighted by atomic mass is 79.9. The molecule has 0 aliphatic carbocycles. The van der Waals surface area contributed by atoms with E-state index in [1.807, 2.05) is 6.07 Å². The van der Waals surface area contributed by atoms with Crippen LogP contribution in [0.2, 0.25) is 0 Å². The molecule has 1 N–H and O–H groups in total. The van der Waals surface area contributed by atoms with E-state index in [-0.39, 0.29) is 0 Å². The lowest BCUT2D eigenvalue weighted by Gasteiger charge is -2.26. The first-order valence-corrected chi connectivity index (χ1v) is 7.17. The summed E-state index contributed by atoms with van der Waals surface area (Å²) in [5.74, 6) is 0. The summed E-state index contributed by atoms with van der Waals surface area (Å²) in [7, 11) is 0. The second kappa shape index (κ2) is 7.72. The van der Waals surface area contributed by atoms with Crippen molar-refractivity contribution in [2.75, 3.05) is 25.0 Å². The molecule has 0 radical (unpaired) electrons. The molecule has 0 bridgehead atoms. The summed E-state index contributed by atoms with van der Waals surface area (Å²) in [6.07, 6.45) is 1.22. The number of para-hydroxylation sites is 1. The van der Waals surface area contributed by atoms with Gasteiger partial charge in [0.25, 0.3) is 0 Å². The van der Waals surface area contributed by atoms with Crippen molar-refractivity contribution in [3.63, 3.8) is 0 Å². The van der Waals surface area contributed by atoms with Gasteiger partial charge in [-0.2, -0.15) is 0 Å². The number of hydrogen-bond donors (Lipinski definition) is 1. The zero-order valence-electron chi connectivity index (χ0n) is 11.0. The van der Waals surface area contributed by atoms with Crippen LogP contribution < -0.4 is 5.32 Å². The topological polar surface area (TPSA) is 15.3 Å². The van der Waals surface area contributed by atoms with Crippen molar-refractivity contribution < 1.29 is 0 Å². The van der Waals surface area contributed by atoms with Crippen molar-refractivity contribution >= 4 is 21.6 Å². The first kappa shape index (κ1) is 14.5. The van der Waals surface area contributed by atoms with E-state index in [1.165, 1.54) is 18.7 Å². The average Bonchev–Trinajstić information content (AvgIpc) is 2.30. The first-order chi connectivity index (χ1) is 8.15. The second-order valence-electron chi connectivity index (χ2n) is 4.54. The molecule has 0 saturated carbocycles. The molecule has 0 spiro atoms. The van der Waals surface area contributed by atoms with Crippen LogP contribution in [-0.4, -0.2) is 30.6 Å². The third-order valence-corrected chi connectivity index (χ3v) is 3.52. The molecule has 1 rings (SSSR count). The number of nitrogens with zero attached hydrogens (tertiary/aromatic N) is 1. The third-order valence-electron chi connectivity index (χ3n) is 2.83. The minimum Gasteiger partial charge on any atom is -0.383 e. The number of rotatable bonds is 7. The van der Waals surface area contributed by atoms with E-state index < -0.39 is 0 Å². The number of halogens is 1. The molecular formula is C14H23BrN2. The van der Waals surface area contributed by atoms with Gasteiger partial charge in [-0.05, 0) is 54.9 Å². The van der Waals surface area contributed by atoms with Crippen LogP contribution in [0.3, 0.4) is 0 Å². The Balaban J connectivity index is 2.38. The van der Waals surface area contributed by atoms with Crippen LogP contribution >= 0.6 is 15.9 Å². The molecule has 0 amide bonds. The lowest BCUT2D eigenvalue weighted by Crippen LogP contribution is -2.35. The fraction of sp³-hybridized carbons (Fsp3) is 0.571. The summed E-state index contributed by atoms with van der Waals surface area (Å²) in [6, 6.07) is 8.88. The monoisotopic (exact) mass is 298 g/mol. The highest BCUT2D eigenvalue weighted by molar-refractivity contribution is 9.10. The van der Waals surface area contributed by atoms with Crippen molar-refractivity contribution in [3.8, 4) is 0 Å². The van der Waals surface area contributed by atoms with E-state index in [1.54, 1.807) is 0 Å². The van der Waals surface area contributed by atoms with E-state index in [2.05, 4.69) is 65.1 Å². The van der Waals surface area contributed by atoms with Gasteiger partial charge in [0.1, 0.15) is 0 Å². The molecule has 0 unspecified atom stereocenters. The van der Waals surface area contributed by atoms with Gasteiger partial charge >= 0.3 is 0 Å². The minimum absolute atomic E-state index is 0.621. The van der Waals surface area contributed by atoms with Crippen LogP contribution in [0, 0.1) is 0 Å². The van der Waals surface area contributed by atoms with Gasteiger partial charge in [0.15, 0.2) is 0 Å². The van der Waals surface area contributed by atoms with E-state index in [9.17, 15) is 0 Å². The highest BCUT2D eigenvalue weighted by Gasteiger charge is 2.07. The quantitative estimate of drug-likeness (QED) is 0.819. The molecule has 0 aliphatic rings. The Morgan fingerprint density at radius 2 is 1.94 bits per heavy atom. The molecule has 2 nitrogen and oxygen atoms in total. The molecule has 3 heteroatoms. The molecule has 0 fully saturated rings. The summed E-state index contributed by atoms with van der Waals surface area (Å²) in [6.45, 7) is 10.0. The van der Waals surface area contributed by atoms with Gasteiger partial charge in [-0.3, -0.25) is 4.90 Å². The third kappa shape index (κ3) is 5.09. The molecule has 17 heavy (non-hydrogen) atoms. The van der Waals surface area contributed by atoms with Crippen LogP contribution in [0.4, 0.5) is 5.69 Å². The molecule has 0 saturated heterocycles. The number of benzene rings is 1. The molecule has 0 aliphatic heterocycles. The maximum absolute atomic E-state index is 3.55. The summed E-state index contributed by atoms with van der Waals surface area (Å²) in [4.78, 5) is 2.50. The standard InChI is InChI=1S/C14H23BrN2/c1-4-10-17(12(2)3)11-9-16-14-8-6-5-7-13(14)15/h5-8,12,16H,4,9-11H2,1-3H3. The zero-order valence-corrected chi connectivity index (χ0v) is 12.6. The van der Waals surface area contributed by atoms with Crippen molar-refractivity contribution in [1.82, 2.24) is 4.90 Å². The fourth-order valence-corrected chi connectivity index (χ4v) is 2.28. The molecule has 0 atom stereocenters. The van der Waals surface area contributed by atoms with Crippen LogP contribution in [0.1, 0.15) is 27.2 Å². The fourth-order valence-electron chi connectivity index (χ4n) is 1.85. The van der Waals surface area contributed by atoms with Crippen molar-refractivity contribution in [1.29, 1.82) is 0 Å². The summed E-state index contributed by atoms with van der Waals surface area (Å²) in [5.41, 5.74) is 1.17. The summed E-state index contributed by atoms with van der Waals surface area (Å²) in [5, 5.41) is 3.47. The van der Waals surface area contributed by atoms with Gasteiger partial charge in [0.2, 0.25) is 0 Å². The first-order valence-electron chi connectivity index (χ1n) is 6.37. The highest BCUT2D eigenvalue weighted by Crippen LogP contribution is 2.20. The van der Waals surface area contributed by atoms with E-state index in [0.717, 1.165) is 17.6 Å². The Hall–Kier alpha value is -0.540. The van der Waals surface area contributed by atoms with Crippen molar-refractivity contribution in [2.45, 2.75) is 33.2 Å². The molecule has 96 valence electrons. The van der Waals surface area contributed by atoms with E-state index in [0.29, 0.717) is 6.04 Å². The summed E-state index contributed by atoms with van der Waals surface area (Å²) < 4.78 is 1.13. The normalized spacial score (nSPS) is 11.2. The molecule has 0 aromatic heterocycles. The molecule has 0 heterocycles. The largest absolute Gasteiger partial charge is 0.383 e. The Labute approximate surface area is 114 Å². The lowest BCUT2D eigenvalue weighted by atomic mass is 10.3. The Kier molecular flexibility index (Phi) is 6.60.